The average molecular weight is 392 g/mol. The van der Waals surface area contributed by atoms with Gasteiger partial charge in [-0.15, -0.1) is 0 Å². The lowest BCUT2D eigenvalue weighted by Gasteiger charge is -2.17. The molecule has 2 aromatic rings. The molecule has 0 aliphatic carbocycles. The lowest BCUT2D eigenvalue weighted by molar-refractivity contribution is -0.116. The zero-order chi connectivity index (χ0) is 20.4. The van der Waals surface area contributed by atoms with E-state index in [9.17, 15) is 14.4 Å². The van der Waals surface area contributed by atoms with E-state index in [4.69, 9.17) is 4.74 Å². The molecule has 2 aliphatic rings. The Hall–Kier alpha value is -2.99. The summed E-state index contributed by atoms with van der Waals surface area (Å²) in [6, 6.07) is 13.0. The zero-order valence-corrected chi connectivity index (χ0v) is 16.4. The Labute approximate surface area is 169 Å². The number of ether oxygens (including phenoxy) is 1. The molecule has 2 aliphatic heterocycles. The van der Waals surface area contributed by atoms with Crippen LogP contribution in [0.25, 0.3) is 0 Å². The normalized spacial score (nSPS) is 18.2. The molecule has 0 saturated carbocycles. The lowest BCUT2D eigenvalue weighted by Crippen LogP contribution is -2.36. The number of nitrogens with zero attached hydrogens (tertiary/aromatic N) is 1. The van der Waals surface area contributed by atoms with Crippen LogP contribution >= 0.6 is 0 Å². The third kappa shape index (κ3) is 4.22. The van der Waals surface area contributed by atoms with Crippen LogP contribution in [0, 0.1) is 6.92 Å². The van der Waals surface area contributed by atoms with Gasteiger partial charge in [0, 0.05) is 18.7 Å². The molecule has 150 valence electrons. The summed E-state index contributed by atoms with van der Waals surface area (Å²) in [7, 11) is 0. The molecular formula is C23H24N2O4. The number of fused-ring (bicyclic) bond motifs is 1. The first kappa shape index (κ1) is 19.3. The molecule has 1 unspecified atom stereocenters. The zero-order valence-electron chi connectivity index (χ0n) is 16.4. The number of carbonyl (C=O) groups excluding carboxylic acids is 3. The van der Waals surface area contributed by atoms with Crippen molar-refractivity contribution in [2.45, 2.75) is 38.7 Å². The van der Waals surface area contributed by atoms with Crippen LogP contribution in [0.15, 0.2) is 42.5 Å². The molecule has 2 heterocycles. The van der Waals surface area contributed by atoms with Crippen molar-refractivity contribution in [1.82, 2.24) is 4.90 Å². The predicted octanol–water partition coefficient (Wildman–Crippen LogP) is 3.34. The first-order valence-electron chi connectivity index (χ1n) is 9.98. The summed E-state index contributed by atoms with van der Waals surface area (Å²) in [5.41, 5.74) is 3.53. The van der Waals surface area contributed by atoms with Crippen LogP contribution < -0.4 is 5.32 Å². The van der Waals surface area contributed by atoms with Crippen LogP contribution in [0.2, 0.25) is 0 Å². The molecule has 0 spiro atoms. The first-order valence-corrected chi connectivity index (χ1v) is 9.98. The average Bonchev–Trinajstić information content (AvgIpc) is 3.31. The highest BCUT2D eigenvalue weighted by Gasteiger charge is 2.37. The molecule has 1 fully saturated rings. The molecule has 6 nitrogen and oxygen atoms in total. The molecule has 3 amide bonds. The van der Waals surface area contributed by atoms with Gasteiger partial charge in [0.15, 0.2) is 0 Å². The van der Waals surface area contributed by atoms with E-state index in [0.717, 1.165) is 18.4 Å². The highest BCUT2D eigenvalue weighted by Crippen LogP contribution is 2.27. The van der Waals surface area contributed by atoms with Crippen molar-refractivity contribution < 1.29 is 19.1 Å². The van der Waals surface area contributed by atoms with Gasteiger partial charge in [0.05, 0.1) is 23.8 Å². The van der Waals surface area contributed by atoms with Crippen LogP contribution in [0.5, 0.6) is 0 Å². The second kappa shape index (κ2) is 8.17. The summed E-state index contributed by atoms with van der Waals surface area (Å²) in [5, 5.41) is 2.83. The maximum Gasteiger partial charge on any atom is 0.261 e. The van der Waals surface area contributed by atoms with Crippen LogP contribution in [-0.4, -0.2) is 41.9 Å². The van der Waals surface area contributed by atoms with E-state index in [0.29, 0.717) is 36.3 Å². The minimum atomic E-state index is -0.323. The van der Waals surface area contributed by atoms with Gasteiger partial charge in [0.1, 0.15) is 0 Å². The Morgan fingerprint density at radius 3 is 2.59 bits per heavy atom. The Kier molecular flexibility index (Phi) is 5.45. The molecule has 4 rings (SSSR count). The number of carbonyl (C=O) groups is 3. The summed E-state index contributed by atoms with van der Waals surface area (Å²) in [6.07, 6.45) is 2.71. The third-order valence-corrected chi connectivity index (χ3v) is 5.43. The number of benzene rings is 2. The van der Waals surface area contributed by atoms with E-state index in [1.807, 2.05) is 31.2 Å². The van der Waals surface area contributed by atoms with Gasteiger partial charge >= 0.3 is 0 Å². The van der Waals surface area contributed by atoms with Gasteiger partial charge < -0.3 is 10.1 Å². The van der Waals surface area contributed by atoms with Crippen molar-refractivity contribution in [2.24, 2.45) is 0 Å². The first-order chi connectivity index (χ1) is 14.0. The number of imide groups is 1. The smallest absolute Gasteiger partial charge is 0.261 e. The van der Waals surface area contributed by atoms with Crippen LogP contribution in [0.4, 0.5) is 5.69 Å². The monoisotopic (exact) mass is 392 g/mol. The number of aryl methyl sites for hydroxylation is 2. The number of nitrogens with one attached hydrogen (secondary N) is 1. The Morgan fingerprint density at radius 1 is 1.10 bits per heavy atom. The maximum absolute atomic E-state index is 12.7. The number of anilines is 1. The summed E-state index contributed by atoms with van der Waals surface area (Å²) < 4.78 is 5.55. The molecule has 6 heteroatoms. The second-order valence-corrected chi connectivity index (χ2v) is 7.65. The fraction of sp³-hybridized carbons (Fsp3) is 0.348. The van der Waals surface area contributed by atoms with Gasteiger partial charge in [-0.25, -0.2) is 0 Å². The van der Waals surface area contributed by atoms with Crippen LogP contribution in [0.1, 0.15) is 51.1 Å². The molecule has 29 heavy (non-hydrogen) atoms. The van der Waals surface area contributed by atoms with E-state index in [2.05, 4.69) is 5.32 Å². The summed E-state index contributed by atoms with van der Waals surface area (Å²) in [4.78, 5) is 38.8. The van der Waals surface area contributed by atoms with Crippen molar-refractivity contribution in [3.8, 4) is 0 Å². The Balaban J connectivity index is 1.39. The SMILES string of the molecule is Cc1ccc(CCC(=O)Nc2ccc3c(c2)C(=O)N(CC2CCCO2)C3=O)cc1. The second-order valence-electron chi connectivity index (χ2n) is 7.65. The van der Waals surface area contributed by atoms with Gasteiger partial charge in [0.2, 0.25) is 5.91 Å². The number of hydrogen-bond donors (Lipinski definition) is 1. The highest BCUT2D eigenvalue weighted by atomic mass is 16.5. The third-order valence-electron chi connectivity index (χ3n) is 5.43. The topological polar surface area (TPSA) is 75.7 Å². The van der Waals surface area contributed by atoms with Gasteiger partial charge in [-0.3, -0.25) is 19.3 Å². The van der Waals surface area contributed by atoms with E-state index in [-0.39, 0.29) is 30.4 Å². The highest BCUT2D eigenvalue weighted by molar-refractivity contribution is 6.21. The molecule has 0 bridgehead atoms. The van der Waals surface area contributed by atoms with Gasteiger partial charge in [-0.05, 0) is 49.9 Å². The maximum atomic E-state index is 12.7. The largest absolute Gasteiger partial charge is 0.376 e. The van der Waals surface area contributed by atoms with Gasteiger partial charge in [0.25, 0.3) is 11.8 Å². The van der Waals surface area contributed by atoms with Gasteiger partial charge in [-0.2, -0.15) is 0 Å². The summed E-state index contributed by atoms with van der Waals surface area (Å²) >= 11 is 0. The molecule has 2 aromatic carbocycles. The number of rotatable bonds is 6. The fourth-order valence-corrected chi connectivity index (χ4v) is 3.76. The van der Waals surface area contributed by atoms with E-state index >= 15 is 0 Å². The molecular weight excluding hydrogens is 368 g/mol. The molecule has 1 N–H and O–H groups in total. The van der Waals surface area contributed by atoms with E-state index in [1.54, 1.807) is 18.2 Å². The minimum absolute atomic E-state index is 0.0850. The number of amides is 3. The molecule has 1 atom stereocenters. The van der Waals surface area contributed by atoms with Crippen LogP contribution in [-0.2, 0) is 16.0 Å². The minimum Gasteiger partial charge on any atom is -0.376 e. The number of hydrogen-bond acceptors (Lipinski definition) is 4. The summed E-state index contributed by atoms with van der Waals surface area (Å²) in [6.45, 7) is 2.98. The summed E-state index contributed by atoms with van der Waals surface area (Å²) in [5.74, 6) is -0.743. The standard InChI is InChI=1S/C23H24N2O4/c1-15-4-6-16(7-5-15)8-11-21(26)24-17-9-10-19-20(13-17)23(28)25(22(19)27)14-18-3-2-12-29-18/h4-7,9-10,13,18H,2-3,8,11-12,14H2,1H3,(H,24,26). The fourth-order valence-electron chi connectivity index (χ4n) is 3.76. The van der Waals surface area contributed by atoms with Crippen molar-refractivity contribution in [3.63, 3.8) is 0 Å². The van der Waals surface area contributed by atoms with Crippen molar-refractivity contribution in [2.75, 3.05) is 18.5 Å². The van der Waals surface area contributed by atoms with Crippen LogP contribution in [0.3, 0.4) is 0 Å². The predicted molar refractivity (Wildman–Crippen MR) is 109 cm³/mol. The van der Waals surface area contributed by atoms with E-state index < -0.39 is 0 Å². The van der Waals surface area contributed by atoms with Crippen molar-refractivity contribution >= 4 is 23.4 Å². The Morgan fingerprint density at radius 2 is 1.86 bits per heavy atom. The molecule has 1 saturated heterocycles. The van der Waals surface area contributed by atoms with E-state index in [1.165, 1.54) is 10.5 Å². The van der Waals surface area contributed by atoms with Crippen molar-refractivity contribution in [1.29, 1.82) is 0 Å². The van der Waals surface area contributed by atoms with Gasteiger partial charge in [-0.1, -0.05) is 29.8 Å². The molecule has 0 aromatic heterocycles. The lowest BCUT2D eigenvalue weighted by atomic mass is 10.1. The van der Waals surface area contributed by atoms with Crippen molar-refractivity contribution in [3.05, 3.63) is 64.7 Å². The quantitative estimate of drug-likeness (QED) is 0.765. The Bertz CT molecular complexity index is 946. The molecule has 0 radical (unpaired) electrons.